The molecule has 1 amide bonds. The highest BCUT2D eigenvalue weighted by Gasteiger charge is 2.29. The van der Waals surface area contributed by atoms with Gasteiger partial charge in [0.25, 0.3) is 0 Å². The molecule has 0 spiro atoms. The van der Waals surface area contributed by atoms with E-state index in [2.05, 4.69) is 89.7 Å². The first kappa shape index (κ1) is 23.7. The monoisotopic (exact) mass is 472 g/mol. The van der Waals surface area contributed by atoms with Crippen LogP contribution in [0.1, 0.15) is 75.1 Å². The number of benzene rings is 2. The van der Waals surface area contributed by atoms with Gasteiger partial charge in [0.15, 0.2) is 0 Å². The van der Waals surface area contributed by atoms with E-state index in [-0.39, 0.29) is 23.3 Å². The minimum atomic E-state index is 0.0694. The standard InChI is InChI=1S/C29H36N4O2/c1-29(2,3)23-13-11-21(12-14-23)27-31-26(35-32-27)19-33-17-15-22(16-18-33)28(34)30-25-10-6-8-20-7-4-5-9-24(20)25/h4-5,7,9,11-14,22,25H,6,8,10,15-19H2,1-3H3,(H,30,34). The average Bonchev–Trinajstić information content (AvgIpc) is 3.33. The fourth-order valence-electron chi connectivity index (χ4n) is 5.29. The van der Waals surface area contributed by atoms with E-state index in [0.717, 1.165) is 50.8 Å². The molecule has 1 aliphatic carbocycles. The quantitative estimate of drug-likeness (QED) is 0.535. The maximum Gasteiger partial charge on any atom is 0.241 e. The number of amides is 1. The van der Waals surface area contributed by atoms with E-state index < -0.39 is 0 Å². The van der Waals surface area contributed by atoms with Gasteiger partial charge in [-0.15, -0.1) is 0 Å². The Bertz CT molecular complexity index is 1150. The lowest BCUT2D eigenvalue weighted by molar-refractivity contribution is -0.127. The first-order chi connectivity index (χ1) is 16.9. The molecule has 1 atom stereocenters. The van der Waals surface area contributed by atoms with Gasteiger partial charge in [-0.25, -0.2) is 0 Å². The van der Waals surface area contributed by atoms with Crippen molar-refractivity contribution in [3.63, 3.8) is 0 Å². The van der Waals surface area contributed by atoms with Crippen LogP contribution in [-0.2, 0) is 23.2 Å². The third-order valence-electron chi connectivity index (χ3n) is 7.48. The van der Waals surface area contributed by atoms with Crippen molar-refractivity contribution in [2.24, 2.45) is 5.92 Å². The Balaban J connectivity index is 1.13. The molecule has 1 aliphatic heterocycles. The van der Waals surface area contributed by atoms with Gasteiger partial charge in [0.2, 0.25) is 17.6 Å². The predicted octanol–water partition coefficient (Wildman–Crippen LogP) is 5.44. The number of hydrogen-bond donors (Lipinski definition) is 1. The van der Waals surface area contributed by atoms with Crippen LogP contribution in [0.25, 0.3) is 11.4 Å². The number of fused-ring (bicyclic) bond motifs is 1. The van der Waals surface area contributed by atoms with Gasteiger partial charge >= 0.3 is 0 Å². The number of aromatic nitrogens is 2. The summed E-state index contributed by atoms with van der Waals surface area (Å²) in [4.78, 5) is 19.9. The van der Waals surface area contributed by atoms with Crippen molar-refractivity contribution in [3.8, 4) is 11.4 Å². The van der Waals surface area contributed by atoms with Gasteiger partial charge in [-0.3, -0.25) is 9.69 Å². The molecule has 1 saturated heterocycles. The summed E-state index contributed by atoms with van der Waals surface area (Å²) in [5.74, 6) is 1.52. The molecular formula is C29H36N4O2. The number of hydrogen-bond acceptors (Lipinski definition) is 5. The molecular weight excluding hydrogens is 436 g/mol. The lowest BCUT2D eigenvalue weighted by Crippen LogP contribution is -2.41. The average molecular weight is 473 g/mol. The summed E-state index contributed by atoms with van der Waals surface area (Å²) >= 11 is 0. The van der Waals surface area contributed by atoms with Crippen LogP contribution in [0.5, 0.6) is 0 Å². The SMILES string of the molecule is CC(C)(C)c1ccc(-c2noc(CN3CCC(C(=O)NC4CCCc5ccccc54)CC3)n2)cc1. The van der Waals surface area contributed by atoms with E-state index in [1.165, 1.54) is 16.7 Å². The van der Waals surface area contributed by atoms with Crippen LogP contribution in [-0.4, -0.2) is 34.0 Å². The molecule has 35 heavy (non-hydrogen) atoms. The smallest absolute Gasteiger partial charge is 0.241 e. The van der Waals surface area contributed by atoms with Crippen LogP contribution in [0.3, 0.4) is 0 Å². The summed E-state index contributed by atoms with van der Waals surface area (Å²) in [6, 6.07) is 17.1. The van der Waals surface area contributed by atoms with Crippen molar-refractivity contribution in [3.05, 3.63) is 71.1 Å². The zero-order valence-electron chi connectivity index (χ0n) is 21.1. The second-order valence-corrected chi connectivity index (χ2v) is 11.0. The Kier molecular flexibility index (Phi) is 6.74. The Morgan fingerprint density at radius 2 is 1.80 bits per heavy atom. The third-order valence-corrected chi connectivity index (χ3v) is 7.48. The van der Waals surface area contributed by atoms with E-state index in [1.54, 1.807) is 0 Å². The molecule has 0 radical (unpaired) electrons. The van der Waals surface area contributed by atoms with Crippen LogP contribution in [0.4, 0.5) is 0 Å². The van der Waals surface area contributed by atoms with Crippen LogP contribution >= 0.6 is 0 Å². The number of carbonyl (C=O) groups excluding carboxylic acids is 1. The number of nitrogens with zero attached hydrogens (tertiary/aromatic N) is 3. The van der Waals surface area contributed by atoms with Crippen molar-refractivity contribution in [2.45, 2.75) is 70.9 Å². The van der Waals surface area contributed by atoms with Gasteiger partial charge in [-0.2, -0.15) is 4.98 Å². The minimum absolute atomic E-state index is 0.0694. The molecule has 0 bridgehead atoms. The molecule has 2 aromatic carbocycles. The van der Waals surface area contributed by atoms with E-state index >= 15 is 0 Å². The highest BCUT2D eigenvalue weighted by molar-refractivity contribution is 5.79. The normalized spacial score (nSPS) is 19.3. The van der Waals surface area contributed by atoms with Crippen molar-refractivity contribution < 1.29 is 9.32 Å². The first-order valence-corrected chi connectivity index (χ1v) is 12.9. The predicted molar refractivity (Wildman–Crippen MR) is 137 cm³/mol. The molecule has 1 fully saturated rings. The zero-order chi connectivity index (χ0) is 24.4. The third kappa shape index (κ3) is 5.48. The van der Waals surface area contributed by atoms with Gasteiger partial charge in [-0.1, -0.05) is 74.5 Å². The van der Waals surface area contributed by atoms with Gasteiger partial charge < -0.3 is 9.84 Å². The summed E-state index contributed by atoms with van der Waals surface area (Å²) in [5.41, 5.74) is 5.04. The van der Waals surface area contributed by atoms with E-state index in [0.29, 0.717) is 18.3 Å². The van der Waals surface area contributed by atoms with Gasteiger partial charge in [0, 0.05) is 11.5 Å². The molecule has 5 rings (SSSR count). The molecule has 6 heteroatoms. The van der Waals surface area contributed by atoms with Crippen LogP contribution in [0.2, 0.25) is 0 Å². The summed E-state index contributed by atoms with van der Waals surface area (Å²) in [5, 5.41) is 7.54. The Labute approximate surface area is 208 Å². The molecule has 1 N–H and O–H groups in total. The van der Waals surface area contributed by atoms with Crippen molar-refractivity contribution in [1.82, 2.24) is 20.4 Å². The summed E-state index contributed by atoms with van der Waals surface area (Å²) in [6.07, 6.45) is 4.98. The topological polar surface area (TPSA) is 71.3 Å². The second kappa shape index (κ2) is 9.94. The summed E-state index contributed by atoms with van der Waals surface area (Å²) in [7, 11) is 0. The molecule has 1 unspecified atom stereocenters. The van der Waals surface area contributed by atoms with Crippen LogP contribution in [0.15, 0.2) is 53.1 Å². The fourth-order valence-corrected chi connectivity index (χ4v) is 5.29. The second-order valence-electron chi connectivity index (χ2n) is 11.0. The fraction of sp³-hybridized carbons (Fsp3) is 0.483. The van der Waals surface area contributed by atoms with Crippen molar-refractivity contribution >= 4 is 5.91 Å². The lowest BCUT2D eigenvalue weighted by atomic mass is 9.87. The Morgan fingerprint density at radius 3 is 2.54 bits per heavy atom. The van der Waals surface area contributed by atoms with Gasteiger partial charge in [0.05, 0.1) is 12.6 Å². The maximum absolute atomic E-state index is 13.0. The molecule has 2 aliphatic rings. The number of nitrogens with one attached hydrogen (secondary N) is 1. The highest BCUT2D eigenvalue weighted by atomic mass is 16.5. The largest absolute Gasteiger partial charge is 0.349 e. The molecule has 6 nitrogen and oxygen atoms in total. The zero-order valence-corrected chi connectivity index (χ0v) is 21.1. The number of piperidine rings is 1. The van der Waals surface area contributed by atoms with Crippen LogP contribution in [0, 0.1) is 5.92 Å². The summed E-state index contributed by atoms with van der Waals surface area (Å²) in [6.45, 7) is 8.95. The number of rotatable bonds is 5. The molecule has 1 aromatic heterocycles. The Morgan fingerprint density at radius 1 is 1.06 bits per heavy atom. The first-order valence-electron chi connectivity index (χ1n) is 12.9. The molecule has 0 saturated carbocycles. The van der Waals surface area contributed by atoms with E-state index in [1.807, 2.05) is 0 Å². The van der Waals surface area contributed by atoms with Crippen LogP contribution < -0.4 is 5.32 Å². The van der Waals surface area contributed by atoms with Crippen molar-refractivity contribution in [2.75, 3.05) is 13.1 Å². The molecule has 3 aromatic rings. The number of likely N-dealkylation sites (tertiary alicyclic amines) is 1. The van der Waals surface area contributed by atoms with Crippen molar-refractivity contribution in [1.29, 1.82) is 0 Å². The Hall–Kier alpha value is -2.99. The molecule has 184 valence electrons. The van der Waals surface area contributed by atoms with Gasteiger partial charge in [0.1, 0.15) is 0 Å². The highest BCUT2D eigenvalue weighted by Crippen LogP contribution is 2.30. The number of aryl methyl sites for hydroxylation is 1. The van der Waals surface area contributed by atoms with E-state index in [9.17, 15) is 4.79 Å². The van der Waals surface area contributed by atoms with E-state index in [4.69, 9.17) is 4.52 Å². The van der Waals surface area contributed by atoms with Gasteiger partial charge in [-0.05, 0) is 67.3 Å². The maximum atomic E-state index is 13.0. The number of carbonyl (C=O) groups is 1. The minimum Gasteiger partial charge on any atom is -0.349 e. The lowest BCUT2D eigenvalue weighted by Gasteiger charge is -2.32. The summed E-state index contributed by atoms with van der Waals surface area (Å²) < 4.78 is 5.55. The molecule has 2 heterocycles.